The Morgan fingerprint density at radius 3 is 2.50 bits per heavy atom. The van der Waals surface area contributed by atoms with Gasteiger partial charge in [-0.15, -0.1) is 0 Å². The van der Waals surface area contributed by atoms with Crippen LogP contribution in [0.2, 0.25) is 0 Å². The van der Waals surface area contributed by atoms with Crippen LogP contribution in [0.1, 0.15) is 18.9 Å². The summed E-state index contributed by atoms with van der Waals surface area (Å²) in [6.07, 6.45) is 6.80. The zero-order valence-corrected chi connectivity index (χ0v) is 18.0. The number of ether oxygens (including phenoxy) is 1. The van der Waals surface area contributed by atoms with Crippen molar-refractivity contribution in [1.29, 1.82) is 0 Å². The van der Waals surface area contributed by atoms with Crippen LogP contribution in [-0.2, 0) is 16.6 Å². The second kappa shape index (κ2) is 9.38. The highest BCUT2D eigenvalue weighted by Crippen LogP contribution is 2.24. The molecule has 3 rings (SSSR count). The summed E-state index contributed by atoms with van der Waals surface area (Å²) in [5, 5.41) is 14.3. The van der Waals surface area contributed by atoms with E-state index in [1.165, 1.54) is 26.5 Å². The first-order valence-electron chi connectivity index (χ1n) is 9.59. The summed E-state index contributed by atoms with van der Waals surface area (Å²) in [7, 11) is -0.734. The largest absolute Gasteiger partial charge is 0.488 e. The minimum Gasteiger partial charge on any atom is -0.488 e. The molecule has 0 aliphatic heterocycles. The normalized spacial score (nSPS) is 13.9. The smallest absolute Gasteiger partial charge is 0.322 e. The molecular weight excluding hydrogens is 404 g/mol. The average Bonchev–Trinajstić information content (AvgIpc) is 3.24. The molecule has 1 N–H and O–H groups in total. The summed E-state index contributed by atoms with van der Waals surface area (Å²) in [6.45, 7) is 1.83. The first-order chi connectivity index (χ1) is 14.3. The maximum absolute atomic E-state index is 12.1. The molecule has 0 saturated heterocycles. The molecule has 0 aliphatic carbocycles. The van der Waals surface area contributed by atoms with Gasteiger partial charge >= 0.3 is 10.2 Å². The SMILES string of the molecule is C[C@H](Oc1ccc(-c2cnn(S(=O)(=O)N(C)C)c2)cc1)[C@H](O)CCc1cccnc1. The fourth-order valence-electron chi connectivity index (χ4n) is 2.86. The van der Waals surface area contributed by atoms with Crippen LogP contribution in [0, 0.1) is 0 Å². The van der Waals surface area contributed by atoms with Gasteiger partial charge in [0.1, 0.15) is 11.9 Å². The molecule has 0 radical (unpaired) electrons. The third kappa shape index (κ3) is 5.24. The van der Waals surface area contributed by atoms with Crippen molar-refractivity contribution in [2.24, 2.45) is 0 Å². The summed E-state index contributed by atoms with van der Waals surface area (Å²) in [6, 6.07) is 11.1. The van der Waals surface area contributed by atoms with Crippen molar-refractivity contribution in [2.75, 3.05) is 14.1 Å². The van der Waals surface area contributed by atoms with E-state index in [1.807, 2.05) is 31.2 Å². The Morgan fingerprint density at radius 1 is 1.13 bits per heavy atom. The van der Waals surface area contributed by atoms with E-state index in [9.17, 15) is 13.5 Å². The quantitative estimate of drug-likeness (QED) is 0.560. The number of hydrogen-bond acceptors (Lipinski definition) is 6. The minimum absolute atomic E-state index is 0.375. The second-order valence-electron chi connectivity index (χ2n) is 7.21. The Balaban J connectivity index is 1.60. The van der Waals surface area contributed by atoms with Crippen LogP contribution in [-0.4, -0.2) is 58.3 Å². The topological polar surface area (TPSA) is 97.6 Å². The molecule has 0 saturated carbocycles. The van der Waals surface area contributed by atoms with Gasteiger partial charge in [-0.25, -0.2) is 0 Å². The number of aryl methyl sites for hydroxylation is 1. The van der Waals surface area contributed by atoms with Crippen LogP contribution in [0.15, 0.2) is 61.2 Å². The fourth-order valence-corrected chi connectivity index (χ4v) is 3.61. The number of rotatable bonds is 9. The zero-order valence-electron chi connectivity index (χ0n) is 17.2. The van der Waals surface area contributed by atoms with Gasteiger partial charge in [0.2, 0.25) is 0 Å². The Labute approximate surface area is 176 Å². The Hall–Kier alpha value is -2.75. The van der Waals surface area contributed by atoms with E-state index in [2.05, 4.69) is 10.1 Å². The Kier molecular flexibility index (Phi) is 6.86. The molecule has 2 aromatic heterocycles. The number of aromatic nitrogens is 3. The molecule has 0 fully saturated rings. The van der Waals surface area contributed by atoms with Crippen LogP contribution in [0.4, 0.5) is 0 Å². The predicted octanol–water partition coefficient (Wildman–Crippen LogP) is 2.36. The number of aliphatic hydroxyl groups is 1. The van der Waals surface area contributed by atoms with Crippen LogP contribution >= 0.6 is 0 Å². The van der Waals surface area contributed by atoms with E-state index >= 15 is 0 Å². The van der Waals surface area contributed by atoms with E-state index in [1.54, 1.807) is 24.5 Å². The summed E-state index contributed by atoms with van der Waals surface area (Å²) in [4.78, 5) is 4.08. The van der Waals surface area contributed by atoms with Gasteiger partial charge < -0.3 is 9.84 Å². The van der Waals surface area contributed by atoms with Crippen LogP contribution in [0.5, 0.6) is 5.75 Å². The van der Waals surface area contributed by atoms with Gasteiger partial charge in [-0.2, -0.15) is 21.9 Å². The summed E-state index contributed by atoms with van der Waals surface area (Å²) in [5.74, 6) is 0.625. The molecule has 9 heteroatoms. The van der Waals surface area contributed by atoms with Crippen molar-refractivity contribution in [2.45, 2.75) is 32.0 Å². The lowest BCUT2D eigenvalue weighted by molar-refractivity contribution is 0.0420. The number of hydrogen-bond donors (Lipinski definition) is 1. The monoisotopic (exact) mass is 430 g/mol. The van der Waals surface area contributed by atoms with Gasteiger partial charge in [0, 0.05) is 32.1 Å². The lowest BCUT2D eigenvalue weighted by atomic mass is 10.1. The third-order valence-electron chi connectivity index (χ3n) is 4.76. The van der Waals surface area contributed by atoms with Gasteiger partial charge in [-0.1, -0.05) is 18.2 Å². The summed E-state index contributed by atoms with van der Waals surface area (Å²) >= 11 is 0. The molecule has 30 heavy (non-hydrogen) atoms. The number of pyridine rings is 1. The van der Waals surface area contributed by atoms with Gasteiger partial charge in [0.05, 0.1) is 18.5 Å². The lowest BCUT2D eigenvalue weighted by Crippen LogP contribution is -2.29. The average molecular weight is 431 g/mol. The Morgan fingerprint density at radius 2 is 1.87 bits per heavy atom. The number of nitrogens with zero attached hydrogens (tertiary/aromatic N) is 4. The van der Waals surface area contributed by atoms with Crippen LogP contribution in [0.25, 0.3) is 11.1 Å². The van der Waals surface area contributed by atoms with Crippen molar-refractivity contribution in [3.63, 3.8) is 0 Å². The molecule has 0 unspecified atom stereocenters. The zero-order chi connectivity index (χ0) is 21.7. The third-order valence-corrected chi connectivity index (χ3v) is 6.36. The van der Waals surface area contributed by atoms with Crippen molar-refractivity contribution >= 4 is 10.2 Å². The molecule has 0 aliphatic rings. The lowest BCUT2D eigenvalue weighted by Gasteiger charge is -2.20. The molecule has 2 heterocycles. The maximum Gasteiger partial charge on any atom is 0.322 e. The first-order valence-corrected chi connectivity index (χ1v) is 11.0. The molecule has 0 bridgehead atoms. The van der Waals surface area contributed by atoms with Crippen LogP contribution < -0.4 is 4.74 Å². The van der Waals surface area contributed by atoms with Gasteiger partial charge in [-0.05, 0) is 49.1 Å². The predicted molar refractivity (Wildman–Crippen MR) is 114 cm³/mol. The van der Waals surface area contributed by atoms with Gasteiger partial charge in [0.25, 0.3) is 0 Å². The molecule has 3 aromatic rings. The van der Waals surface area contributed by atoms with E-state index < -0.39 is 16.3 Å². The highest BCUT2D eigenvalue weighted by molar-refractivity contribution is 7.87. The standard InChI is InChI=1S/C21H26N4O4S/c1-16(21(26)11-6-17-5-4-12-22-13-17)29-20-9-7-18(8-10-20)19-14-23-25(15-19)30(27,28)24(2)3/h4-5,7-10,12-16,21,26H,6,11H2,1-3H3/t16-,21+/m0/s1. The molecule has 2 atom stereocenters. The molecule has 0 amide bonds. The molecule has 160 valence electrons. The Bertz CT molecular complexity index is 1050. The highest BCUT2D eigenvalue weighted by atomic mass is 32.2. The maximum atomic E-state index is 12.1. The van der Waals surface area contributed by atoms with Crippen molar-refractivity contribution < 1.29 is 18.3 Å². The number of aliphatic hydroxyl groups excluding tert-OH is 1. The van der Waals surface area contributed by atoms with E-state index in [4.69, 9.17) is 4.74 Å². The number of benzene rings is 1. The fraction of sp³-hybridized carbons (Fsp3) is 0.333. The van der Waals surface area contributed by atoms with Gasteiger partial charge in [-0.3, -0.25) is 4.98 Å². The highest BCUT2D eigenvalue weighted by Gasteiger charge is 2.18. The van der Waals surface area contributed by atoms with Crippen molar-refractivity contribution in [3.8, 4) is 16.9 Å². The first kappa shape index (κ1) is 21.9. The van der Waals surface area contributed by atoms with E-state index in [0.29, 0.717) is 17.7 Å². The van der Waals surface area contributed by atoms with E-state index in [-0.39, 0.29) is 6.10 Å². The minimum atomic E-state index is -3.64. The molecular formula is C21H26N4O4S. The van der Waals surface area contributed by atoms with Crippen molar-refractivity contribution in [3.05, 3.63) is 66.7 Å². The second-order valence-corrected chi connectivity index (χ2v) is 9.21. The summed E-state index contributed by atoms with van der Waals surface area (Å²) in [5.41, 5.74) is 2.56. The molecule has 8 nitrogen and oxygen atoms in total. The van der Waals surface area contributed by atoms with Crippen LogP contribution in [0.3, 0.4) is 0 Å². The molecule has 0 spiro atoms. The van der Waals surface area contributed by atoms with Crippen molar-refractivity contribution in [1.82, 2.24) is 18.5 Å². The molecule has 1 aromatic carbocycles. The van der Waals surface area contributed by atoms with E-state index in [0.717, 1.165) is 25.9 Å². The van der Waals surface area contributed by atoms with Gasteiger partial charge in [0.15, 0.2) is 0 Å². The summed E-state index contributed by atoms with van der Waals surface area (Å²) < 4.78 is 32.2.